The second-order valence-corrected chi connectivity index (χ2v) is 7.56. The van der Waals surface area contributed by atoms with Crippen molar-refractivity contribution in [3.05, 3.63) is 22.1 Å². The van der Waals surface area contributed by atoms with Crippen LogP contribution in [0.25, 0.3) is 4.83 Å². The van der Waals surface area contributed by atoms with Crippen molar-refractivity contribution >= 4 is 16.2 Å². The average Bonchev–Trinajstić information content (AvgIpc) is 2.89. The zero-order valence-corrected chi connectivity index (χ0v) is 14.0. The zero-order valence-electron chi connectivity index (χ0n) is 13.2. The van der Waals surface area contributed by atoms with Gasteiger partial charge < -0.3 is 4.90 Å². The molecule has 2 aromatic rings. The van der Waals surface area contributed by atoms with E-state index in [1.165, 1.54) is 47.0 Å². The van der Waals surface area contributed by atoms with Crippen molar-refractivity contribution < 1.29 is 0 Å². The van der Waals surface area contributed by atoms with E-state index in [1.807, 2.05) is 11.3 Å². The Hall–Kier alpha value is -0.870. The first-order valence-electron chi connectivity index (χ1n) is 7.68. The molecule has 1 saturated heterocycles. The Morgan fingerprint density at radius 2 is 2.00 bits per heavy atom. The number of rotatable bonds is 2. The molecule has 0 unspecified atom stereocenters. The van der Waals surface area contributed by atoms with E-state index < -0.39 is 0 Å². The van der Waals surface area contributed by atoms with Crippen LogP contribution >= 0.6 is 11.3 Å². The Morgan fingerprint density at radius 1 is 1.25 bits per heavy atom. The molecule has 1 atom stereocenters. The van der Waals surface area contributed by atoms with Gasteiger partial charge in [-0.25, -0.2) is 4.98 Å². The van der Waals surface area contributed by atoms with Gasteiger partial charge in [0.15, 0.2) is 0 Å². The van der Waals surface area contributed by atoms with Gasteiger partial charge in [0.05, 0.1) is 5.69 Å². The minimum Gasteiger partial charge on any atom is -0.300 e. The topological polar surface area (TPSA) is 20.5 Å². The summed E-state index contributed by atoms with van der Waals surface area (Å²) in [6.45, 7) is 13.6. The molecule has 0 radical (unpaired) electrons. The molecule has 3 rings (SSSR count). The van der Waals surface area contributed by atoms with Crippen LogP contribution in [0.3, 0.4) is 0 Å². The lowest BCUT2D eigenvalue weighted by Crippen LogP contribution is -2.39. The van der Waals surface area contributed by atoms with Crippen LogP contribution in [0, 0.1) is 20.8 Å². The van der Waals surface area contributed by atoms with Gasteiger partial charge >= 0.3 is 0 Å². The molecule has 4 heteroatoms. The second-order valence-electron chi connectivity index (χ2n) is 6.36. The highest BCUT2D eigenvalue weighted by molar-refractivity contribution is 7.17. The number of hydrogen-bond acceptors (Lipinski definition) is 3. The zero-order chi connectivity index (χ0) is 14.4. The highest BCUT2D eigenvalue weighted by atomic mass is 32.1. The predicted molar refractivity (Wildman–Crippen MR) is 86.0 cm³/mol. The number of thiazole rings is 1. The van der Waals surface area contributed by atoms with E-state index in [2.05, 4.69) is 43.9 Å². The van der Waals surface area contributed by atoms with Gasteiger partial charge in [-0.3, -0.25) is 4.40 Å². The van der Waals surface area contributed by atoms with Gasteiger partial charge in [-0.05, 0) is 54.0 Å². The molecule has 0 saturated carbocycles. The van der Waals surface area contributed by atoms with Crippen molar-refractivity contribution in [2.24, 2.45) is 0 Å². The average molecular weight is 291 g/mol. The molecule has 3 nitrogen and oxygen atoms in total. The standard InChI is InChI=1S/C16H25N3S/c1-10(2)18-8-6-7-14(9-18)15-16-19(13(5)17-15)11(3)12(4)20-16/h10,14H,6-9H2,1-5H3/t14-/m0/s1. The fourth-order valence-corrected chi connectivity index (χ4v) is 4.57. The fraction of sp³-hybridized carbons (Fsp3) is 0.688. The number of nitrogens with zero attached hydrogens (tertiary/aromatic N) is 3. The molecular formula is C16H25N3S. The first-order chi connectivity index (χ1) is 9.49. The maximum atomic E-state index is 4.92. The lowest BCUT2D eigenvalue weighted by atomic mass is 9.94. The quantitative estimate of drug-likeness (QED) is 0.836. The number of likely N-dealkylation sites (tertiary alicyclic amines) is 1. The summed E-state index contributed by atoms with van der Waals surface area (Å²) < 4.78 is 2.35. The predicted octanol–water partition coefficient (Wildman–Crippen LogP) is 3.91. The number of fused-ring (bicyclic) bond motifs is 1. The Balaban J connectivity index is 2.00. The van der Waals surface area contributed by atoms with Gasteiger partial charge in [0.2, 0.25) is 0 Å². The van der Waals surface area contributed by atoms with Crippen LogP contribution in [0.15, 0.2) is 0 Å². The molecule has 2 aromatic heterocycles. The van der Waals surface area contributed by atoms with Crippen LogP contribution in [0.5, 0.6) is 0 Å². The van der Waals surface area contributed by atoms with Crippen LogP contribution < -0.4 is 0 Å². The van der Waals surface area contributed by atoms with E-state index in [9.17, 15) is 0 Å². The molecule has 20 heavy (non-hydrogen) atoms. The molecular weight excluding hydrogens is 266 g/mol. The van der Waals surface area contributed by atoms with Crippen molar-refractivity contribution in [2.75, 3.05) is 13.1 Å². The molecule has 0 bridgehead atoms. The van der Waals surface area contributed by atoms with Crippen LogP contribution in [-0.4, -0.2) is 33.4 Å². The van der Waals surface area contributed by atoms with Crippen LogP contribution in [0.1, 0.15) is 54.7 Å². The van der Waals surface area contributed by atoms with E-state index in [0.29, 0.717) is 12.0 Å². The summed E-state index contributed by atoms with van der Waals surface area (Å²) in [7, 11) is 0. The minimum atomic E-state index is 0.604. The summed E-state index contributed by atoms with van der Waals surface area (Å²) in [6, 6.07) is 0.642. The number of aromatic nitrogens is 2. The van der Waals surface area contributed by atoms with Crippen molar-refractivity contribution in [2.45, 2.75) is 59.4 Å². The van der Waals surface area contributed by atoms with Crippen molar-refractivity contribution in [3.63, 3.8) is 0 Å². The van der Waals surface area contributed by atoms with Crippen LogP contribution in [-0.2, 0) is 0 Å². The molecule has 3 heterocycles. The first-order valence-corrected chi connectivity index (χ1v) is 8.49. The van der Waals surface area contributed by atoms with E-state index in [4.69, 9.17) is 4.98 Å². The van der Waals surface area contributed by atoms with Gasteiger partial charge in [-0.1, -0.05) is 0 Å². The SMILES string of the molecule is Cc1sc2c([C@H]3CCCN(C(C)C)C3)nc(C)n2c1C. The Bertz CT molecular complexity index is 623. The molecule has 1 aliphatic heterocycles. The Morgan fingerprint density at radius 3 is 2.70 bits per heavy atom. The number of aryl methyl sites for hydroxylation is 3. The molecule has 1 aliphatic rings. The van der Waals surface area contributed by atoms with E-state index in [-0.39, 0.29) is 0 Å². The molecule has 1 fully saturated rings. The van der Waals surface area contributed by atoms with Gasteiger partial charge in [0, 0.05) is 29.1 Å². The number of hydrogen-bond donors (Lipinski definition) is 0. The lowest BCUT2D eigenvalue weighted by Gasteiger charge is -2.34. The molecule has 0 N–H and O–H groups in total. The third-order valence-electron chi connectivity index (χ3n) is 4.69. The first kappa shape index (κ1) is 14.1. The third-order valence-corrected chi connectivity index (χ3v) is 5.88. The Labute approximate surface area is 125 Å². The minimum absolute atomic E-state index is 0.604. The van der Waals surface area contributed by atoms with Crippen molar-refractivity contribution in [1.82, 2.24) is 14.3 Å². The third kappa shape index (κ3) is 2.19. The highest BCUT2D eigenvalue weighted by Crippen LogP contribution is 2.35. The monoisotopic (exact) mass is 291 g/mol. The maximum Gasteiger partial charge on any atom is 0.123 e. The van der Waals surface area contributed by atoms with Gasteiger partial charge in [-0.15, -0.1) is 11.3 Å². The summed E-state index contributed by atoms with van der Waals surface area (Å²) in [4.78, 5) is 10.3. The Kier molecular flexibility index (Phi) is 3.63. The summed E-state index contributed by atoms with van der Waals surface area (Å²) in [6.07, 6.45) is 2.58. The smallest absolute Gasteiger partial charge is 0.123 e. The van der Waals surface area contributed by atoms with Crippen molar-refractivity contribution in [3.8, 4) is 0 Å². The fourth-order valence-electron chi connectivity index (χ4n) is 3.37. The number of piperidine rings is 1. The van der Waals surface area contributed by atoms with Crippen molar-refractivity contribution in [1.29, 1.82) is 0 Å². The van der Waals surface area contributed by atoms with E-state index in [0.717, 1.165) is 5.82 Å². The maximum absolute atomic E-state index is 4.92. The van der Waals surface area contributed by atoms with Gasteiger partial charge in [-0.2, -0.15) is 0 Å². The van der Waals surface area contributed by atoms with Gasteiger partial charge in [0.25, 0.3) is 0 Å². The lowest BCUT2D eigenvalue weighted by molar-refractivity contribution is 0.167. The molecule has 0 aromatic carbocycles. The van der Waals surface area contributed by atoms with Gasteiger partial charge in [0.1, 0.15) is 10.7 Å². The second kappa shape index (κ2) is 5.15. The van der Waals surface area contributed by atoms with E-state index in [1.54, 1.807) is 0 Å². The normalized spacial score (nSPS) is 21.2. The summed E-state index contributed by atoms with van der Waals surface area (Å²) in [5.41, 5.74) is 2.70. The largest absolute Gasteiger partial charge is 0.300 e. The van der Waals surface area contributed by atoms with Crippen LogP contribution in [0.4, 0.5) is 0 Å². The molecule has 0 amide bonds. The summed E-state index contributed by atoms with van der Waals surface area (Å²) in [5, 5.41) is 0. The highest BCUT2D eigenvalue weighted by Gasteiger charge is 2.27. The van der Waals surface area contributed by atoms with E-state index >= 15 is 0 Å². The molecule has 0 spiro atoms. The molecule has 0 aliphatic carbocycles. The van der Waals surface area contributed by atoms with Crippen LogP contribution in [0.2, 0.25) is 0 Å². The summed E-state index contributed by atoms with van der Waals surface area (Å²) in [5.74, 6) is 1.76. The number of imidazole rings is 1. The molecule has 110 valence electrons. The summed E-state index contributed by atoms with van der Waals surface area (Å²) >= 11 is 1.91.